The van der Waals surface area contributed by atoms with Crippen molar-refractivity contribution < 1.29 is 13.6 Å². The van der Waals surface area contributed by atoms with Crippen molar-refractivity contribution in [3.05, 3.63) is 52.3 Å². The number of hydrogen-bond acceptors (Lipinski definition) is 2. The summed E-state index contributed by atoms with van der Waals surface area (Å²) in [5.74, 6) is -1.98. The Hall–Kier alpha value is -1.75. The number of nitrogens with zero attached hydrogens (tertiary/aromatic N) is 2. The molecule has 2 rings (SSSR count). The van der Waals surface area contributed by atoms with E-state index in [2.05, 4.69) is 5.10 Å². The fourth-order valence-electron chi connectivity index (χ4n) is 1.52. The monoisotopic (exact) mass is 270 g/mol. The van der Waals surface area contributed by atoms with Crippen LogP contribution in [-0.4, -0.2) is 15.6 Å². The predicted octanol–water partition coefficient (Wildman–Crippen LogP) is 3.01. The Labute approximate surface area is 107 Å². The third kappa shape index (κ3) is 2.56. The molecule has 0 spiro atoms. The summed E-state index contributed by atoms with van der Waals surface area (Å²) in [6, 6.07) is 2.75. The predicted molar refractivity (Wildman–Crippen MR) is 62.7 cm³/mol. The number of rotatable bonds is 3. The van der Waals surface area contributed by atoms with Crippen LogP contribution in [0.4, 0.5) is 8.78 Å². The third-order valence-corrected chi connectivity index (χ3v) is 2.79. The molecule has 0 unspecified atom stereocenters. The van der Waals surface area contributed by atoms with Crippen LogP contribution in [0.25, 0.3) is 0 Å². The second-order valence-corrected chi connectivity index (χ2v) is 4.21. The number of benzene rings is 1. The van der Waals surface area contributed by atoms with Crippen molar-refractivity contribution in [3.63, 3.8) is 0 Å². The lowest BCUT2D eigenvalue weighted by Crippen LogP contribution is -2.13. The van der Waals surface area contributed by atoms with E-state index >= 15 is 0 Å². The number of aryl methyl sites for hydroxylation is 1. The van der Waals surface area contributed by atoms with Crippen molar-refractivity contribution >= 4 is 17.4 Å². The number of halogens is 3. The van der Waals surface area contributed by atoms with Crippen LogP contribution in [0.2, 0.25) is 5.02 Å². The van der Waals surface area contributed by atoms with E-state index in [1.807, 2.05) is 0 Å². The summed E-state index contributed by atoms with van der Waals surface area (Å²) in [6.07, 6.45) is 1.46. The topological polar surface area (TPSA) is 34.9 Å². The van der Waals surface area contributed by atoms with E-state index in [0.29, 0.717) is 10.7 Å². The lowest BCUT2D eigenvalue weighted by molar-refractivity contribution is 0.0963. The summed E-state index contributed by atoms with van der Waals surface area (Å²) in [4.78, 5) is 11.8. The van der Waals surface area contributed by atoms with E-state index < -0.39 is 17.4 Å². The summed E-state index contributed by atoms with van der Waals surface area (Å²) in [7, 11) is 0. The Balaban J connectivity index is 2.24. The number of aromatic nitrogens is 2. The normalized spacial score (nSPS) is 10.7. The molecule has 1 aromatic carbocycles. The summed E-state index contributed by atoms with van der Waals surface area (Å²) < 4.78 is 27.6. The SMILES string of the molecule is Cc1nn(CC(=O)c2cc(F)ccc2F)cc1Cl. The van der Waals surface area contributed by atoms with Crippen molar-refractivity contribution in [1.82, 2.24) is 9.78 Å². The molecule has 1 aromatic heterocycles. The highest BCUT2D eigenvalue weighted by Gasteiger charge is 2.14. The van der Waals surface area contributed by atoms with E-state index in [-0.39, 0.29) is 12.1 Å². The van der Waals surface area contributed by atoms with Crippen LogP contribution in [0.5, 0.6) is 0 Å². The average Bonchev–Trinajstić information content (AvgIpc) is 2.61. The van der Waals surface area contributed by atoms with Gasteiger partial charge in [0.1, 0.15) is 18.2 Å². The molecule has 0 amide bonds. The first kappa shape index (κ1) is 12.7. The quantitative estimate of drug-likeness (QED) is 0.804. The summed E-state index contributed by atoms with van der Waals surface area (Å²) >= 11 is 5.79. The molecule has 0 aliphatic rings. The molecule has 0 saturated carbocycles. The standard InChI is InChI=1S/C12H9ClF2N2O/c1-7-10(13)5-17(16-7)6-12(18)9-4-8(14)2-3-11(9)15/h2-5H,6H2,1H3. The molecule has 6 heteroatoms. The number of carbonyl (C=O) groups excluding carboxylic acids is 1. The van der Waals surface area contributed by atoms with Gasteiger partial charge in [-0.25, -0.2) is 8.78 Å². The fraction of sp³-hybridized carbons (Fsp3) is 0.167. The zero-order valence-electron chi connectivity index (χ0n) is 9.45. The number of ketones is 1. The van der Waals surface area contributed by atoms with Gasteiger partial charge in [0, 0.05) is 6.20 Å². The maximum absolute atomic E-state index is 13.4. The molecule has 94 valence electrons. The molecule has 18 heavy (non-hydrogen) atoms. The maximum atomic E-state index is 13.4. The van der Waals surface area contributed by atoms with Gasteiger partial charge in [0.05, 0.1) is 16.3 Å². The van der Waals surface area contributed by atoms with Crippen LogP contribution in [0, 0.1) is 18.6 Å². The highest BCUT2D eigenvalue weighted by Crippen LogP contribution is 2.14. The van der Waals surface area contributed by atoms with E-state index in [4.69, 9.17) is 11.6 Å². The molecule has 0 atom stereocenters. The van der Waals surface area contributed by atoms with Gasteiger partial charge < -0.3 is 0 Å². The van der Waals surface area contributed by atoms with Gasteiger partial charge in [0.25, 0.3) is 0 Å². The van der Waals surface area contributed by atoms with Gasteiger partial charge in [0.15, 0.2) is 5.78 Å². The molecule has 0 radical (unpaired) electrons. The Morgan fingerprint density at radius 3 is 2.78 bits per heavy atom. The van der Waals surface area contributed by atoms with Crippen LogP contribution < -0.4 is 0 Å². The van der Waals surface area contributed by atoms with Crippen LogP contribution in [0.1, 0.15) is 16.1 Å². The number of carbonyl (C=O) groups is 1. The van der Waals surface area contributed by atoms with E-state index in [9.17, 15) is 13.6 Å². The lowest BCUT2D eigenvalue weighted by Gasteiger charge is -2.03. The summed E-state index contributed by atoms with van der Waals surface area (Å²) in [5.41, 5.74) is 0.281. The van der Waals surface area contributed by atoms with Crippen molar-refractivity contribution in [2.24, 2.45) is 0 Å². The van der Waals surface area contributed by atoms with Gasteiger partial charge in [-0.1, -0.05) is 11.6 Å². The van der Waals surface area contributed by atoms with E-state index in [1.54, 1.807) is 6.92 Å². The first-order chi connectivity index (χ1) is 8.47. The molecule has 0 bridgehead atoms. The first-order valence-corrected chi connectivity index (χ1v) is 5.53. The minimum Gasteiger partial charge on any atom is -0.292 e. The molecule has 2 aromatic rings. The zero-order valence-corrected chi connectivity index (χ0v) is 10.2. The van der Waals surface area contributed by atoms with Crippen LogP contribution in [0.3, 0.4) is 0 Å². The van der Waals surface area contributed by atoms with Crippen molar-refractivity contribution in [1.29, 1.82) is 0 Å². The highest BCUT2D eigenvalue weighted by molar-refractivity contribution is 6.31. The summed E-state index contributed by atoms with van der Waals surface area (Å²) in [5, 5.41) is 4.39. The lowest BCUT2D eigenvalue weighted by atomic mass is 10.1. The van der Waals surface area contributed by atoms with Crippen molar-refractivity contribution in [2.75, 3.05) is 0 Å². The second-order valence-electron chi connectivity index (χ2n) is 3.81. The fourth-order valence-corrected chi connectivity index (χ4v) is 1.67. The van der Waals surface area contributed by atoms with Crippen LogP contribution >= 0.6 is 11.6 Å². The molecule has 0 N–H and O–H groups in total. The van der Waals surface area contributed by atoms with Gasteiger partial charge in [-0.05, 0) is 25.1 Å². The minimum absolute atomic E-state index is 0.187. The Morgan fingerprint density at radius 1 is 1.44 bits per heavy atom. The molecule has 0 fully saturated rings. The van der Waals surface area contributed by atoms with Crippen LogP contribution in [0.15, 0.2) is 24.4 Å². The molecule has 0 aliphatic heterocycles. The average molecular weight is 271 g/mol. The largest absolute Gasteiger partial charge is 0.292 e. The second kappa shape index (κ2) is 4.86. The molecule has 1 heterocycles. The van der Waals surface area contributed by atoms with E-state index in [0.717, 1.165) is 18.2 Å². The Morgan fingerprint density at radius 2 is 2.17 bits per heavy atom. The highest BCUT2D eigenvalue weighted by atomic mass is 35.5. The minimum atomic E-state index is -0.753. The van der Waals surface area contributed by atoms with Gasteiger partial charge in [-0.15, -0.1) is 0 Å². The molecular weight excluding hydrogens is 262 g/mol. The number of Topliss-reactive ketones (excluding diaryl/α,β-unsaturated/α-hetero) is 1. The Kier molecular flexibility index (Phi) is 3.43. The van der Waals surface area contributed by atoms with Gasteiger partial charge in [0.2, 0.25) is 0 Å². The summed E-state index contributed by atoms with van der Waals surface area (Å²) in [6.45, 7) is 1.50. The van der Waals surface area contributed by atoms with Crippen LogP contribution in [-0.2, 0) is 6.54 Å². The van der Waals surface area contributed by atoms with Gasteiger partial charge in [-0.3, -0.25) is 9.48 Å². The molecule has 3 nitrogen and oxygen atoms in total. The van der Waals surface area contributed by atoms with Gasteiger partial charge in [-0.2, -0.15) is 5.10 Å². The van der Waals surface area contributed by atoms with Crippen molar-refractivity contribution in [2.45, 2.75) is 13.5 Å². The molecular formula is C12H9ClF2N2O. The van der Waals surface area contributed by atoms with Crippen molar-refractivity contribution in [3.8, 4) is 0 Å². The smallest absolute Gasteiger partial charge is 0.187 e. The maximum Gasteiger partial charge on any atom is 0.187 e. The molecule has 0 aliphatic carbocycles. The third-order valence-electron chi connectivity index (χ3n) is 2.42. The zero-order chi connectivity index (χ0) is 13.3. The Bertz CT molecular complexity index is 591. The first-order valence-electron chi connectivity index (χ1n) is 5.15. The molecule has 0 saturated heterocycles. The van der Waals surface area contributed by atoms with Gasteiger partial charge >= 0.3 is 0 Å². The number of hydrogen-bond donors (Lipinski definition) is 0. The van der Waals surface area contributed by atoms with E-state index in [1.165, 1.54) is 10.9 Å².